The Morgan fingerprint density at radius 2 is 2.06 bits per heavy atom. The standard InChI is InChI=1S/C23H25ClF3N3O5/c24-13-2-3-17-15(10-13)16(31)11-18(33-17)20(32)28-7-6-22(4-1-5-22)21-29-19(30-35-21)12-8-14(9-12)34-23(25,26)27/h2-3,10,12,14,16,18,31H,1,4-9,11H2,(H,28,32)/t12-,14+,16-,18+/m1/s1. The van der Waals surface area contributed by atoms with Crippen LogP contribution in [0.4, 0.5) is 13.2 Å². The van der Waals surface area contributed by atoms with E-state index in [0.717, 1.165) is 19.3 Å². The highest BCUT2D eigenvalue weighted by molar-refractivity contribution is 6.30. The van der Waals surface area contributed by atoms with E-state index in [1.54, 1.807) is 18.2 Å². The highest BCUT2D eigenvalue weighted by atomic mass is 35.5. The Balaban J connectivity index is 1.14. The molecule has 8 nitrogen and oxygen atoms in total. The minimum absolute atomic E-state index is 0.123. The normalized spacial score (nSPS) is 27.2. The lowest BCUT2D eigenvalue weighted by Crippen LogP contribution is -2.44. The molecule has 1 aromatic carbocycles. The van der Waals surface area contributed by atoms with Gasteiger partial charge in [-0.25, -0.2) is 0 Å². The predicted molar refractivity (Wildman–Crippen MR) is 116 cm³/mol. The van der Waals surface area contributed by atoms with E-state index in [0.29, 0.717) is 41.0 Å². The predicted octanol–water partition coefficient (Wildman–Crippen LogP) is 4.32. The molecule has 2 atom stereocenters. The summed E-state index contributed by atoms with van der Waals surface area (Å²) in [4.78, 5) is 17.2. The first-order chi connectivity index (χ1) is 16.6. The number of fused-ring (bicyclic) bond motifs is 1. The van der Waals surface area contributed by atoms with E-state index >= 15 is 0 Å². The molecule has 1 aromatic heterocycles. The number of rotatable bonds is 7. The Morgan fingerprint density at radius 1 is 1.29 bits per heavy atom. The van der Waals surface area contributed by atoms with Gasteiger partial charge in [0.1, 0.15) is 5.75 Å². The highest BCUT2D eigenvalue weighted by Crippen LogP contribution is 2.47. The van der Waals surface area contributed by atoms with Gasteiger partial charge in [0.25, 0.3) is 5.91 Å². The average molecular weight is 516 g/mol. The van der Waals surface area contributed by atoms with Gasteiger partial charge in [-0.1, -0.05) is 23.2 Å². The number of nitrogens with zero attached hydrogens (tertiary/aromatic N) is 2. The number of aliphatic hydroxyl groups is 1. The smallest absolute Gasteiger partial charge is 0.480 e. The van der Waals surface area contributed by atoms with Crippen molar-refractivity contribution in [2.75, 3.05) is 6.54 Å². The third-order valence-corrected chi connectivity index (χ3v) is 7.43. The SMILES string of the molecule is O=C(NCCC1(c2nc([C@H]3C[C@@H](OC(F)(F)F)C3)no2)CCC1)[C@@H]1C[C@@H](O)c2cc(Cl)ccc2O1. The van der Waals surface area contributed by atoms with Gasteiger partial charge in [0.2, 0.25) is 5.89 Å². The maximum atomic E-state index is 12.7. The van der Waals surface area contributed by atoms with E-state index in [1.807, 2.05) is 0 Å². The summed E-state index contributed by atoms with van der Waals surface area (Å²) in [5.41, 5.74) is 0.199. The summed E-state index contributed by atoms with van der Waals surface area (Å²) in [5.74, 6) is 0.755. The van der Waals surface area contributed by atoms with Gasteiger partial charge in [-0.2, -0.15) is 4.98 Å². The van der Waals surface area contributed by atoms with Gasteiger partial charge >= 0.3 is 6.36 Å². The van der Waals surface area contributed by atoms with Gasteiger partial charge in [0.05, 0.1) is 17.6 Å². The number of amides is 1. The van der Waals surface area contributed by atoms with Gasteiger partial charge in [-0.3, -0.25) is 9.53 Å². The minimum Gasteiger partial charge on any atom is -0.480 e. The zero-order valence-corrected chi connectivity index (χ0v) is 19.4. The number of hydrogen-bond donors (Lipinski definition) is 2. The van der Waals surface area contributed by atoms with Crippen molar-refractivity contribution < 1.29 is 37.1 Å². The molecule has 2 fully saturated rings. The largest absolute Gasteiger partial charge is 0.522 e. The van der Waals surface area contributed by atoms with Crippen molar-refractivity contribution in [1.29, 1.82) is 0 Å². The maximum Gasteiger partial charge on any atom is 0.522 e. The van der Waals surface area contributed by atoms with Crippen LogP contribution in [0.5, 0.6) is 5.75 Å². The van der Waals surface area contributed by atoms with Gasteiger partial charge in [-0.15, -0.1) is 13.2 Å². The molecule has 2 saturated carbocycles. The lowest BCUT2D eigenvalue weighted by atomic mass is 9.66. The van der Waals surface area contributed by atoms with E-state index in [9.17, 15) is 23.1 Å². The molecule has 3 aliphatic rings. The number of carbonyl (C=O) groups excluding carboxylic acids is 1. The van der Waals surface area contributed by atoms with Gasteiger partial charge in [-0.05, 0) is 50.3 Å². The second-order valence-corrected chi connectivity index (χ2v) is 9.96. The molecular formula is C23H25ClF3N3O5. The summed E-state index contributed by atoms with van der Waals surface area (Å²) in [6, 6.07) is 4.90. The third kappa shape index (κ3) is 5.12. The molecule has 35 heavy (non-hydrogen) atoms. The van der Waals surface area contributed by atoms with Crippen LogP contribution in [0.25, 0.3) is 0 Å². The first-order valence-corrected chi connectivity index (χ1v) is 12.0. The Labute approximate surface area is 204 Å². The fraction of sp³-hybridized carbons (Fsp3) is 0.609. The van der Waals surface area contributed by atoms with Crippen molar-refractivity contribution >= 4 is 17.5 Å². The molecule has 2 aromatic rings. The van der Waals surface area contributed by atoms with E-state index in [-0.39, 0.29) is 36.5 Å². The number of hydrogen-bond acceptors (Lipinski definition) is 7. The third-order valence-electron chi connectivity index (χ3n) is 7.20. The summed E-state index contributed by atoms with van der Waals surface area (Å²) in [5, 5.41) is 17.7. The van der Waals surface area contributed by atoms with E-state index in [4.69, 9.17) is 20.9 Å². The van der Waals surface area contributed by atoms with Crippen LogP contribution in [0.1, 0.15) is 74.2 Å². The van der Waals surface area contributed by atoms with Crippen molar-refractivity contribution in [1.82, 2.24) is 15.5 Å². The molecule has 12 heteroatoms. The number of nitrogens with one attached hydrogen (secondary N) is 1. The number of aliphatic hydroxyl groups excluding tert-OH is 1. The molecule has 0 radical (unpaired) electrons. The summed E-state index contributed by atoms with van der Waals surface area (Å²) in [6.07, 6.45) is -3.47. The summed E-state index contributed by atoms with van der Waals surface area (Å²) < 4.78 is 52.3. The Morgan fingerprint density at radius 3 is 2.74 bits per heavy atom. The number of benzene rings is 1. The lowest BCUT2D eigenvalue weighted by Gasteiger charge is -2.38. The average Bonchev–Trinajstić information content (AvgIpc) is 3.21. The van der Waals surface area contributed by atoms with Crippen molar-refractivity contribution in [2.45, 2.75) is 81.0 Å². The molecule has 2 N–H and O–H groups in total. The number of alkyl halides is 3. The van der Waals surface area contributed by atoms with E-state index in [2.05, 4.69) is 20.2 Å². The Kier molecular flexibility index (Phi) is 6.43. The molecule has 0 bridgehead atoms. The lowest BCUT2D eigenvalue weighted by molar-refractivity contribution is -0.352. The summed E-state index contributed by atoms with van der Waals surface area (Å²) in [6.45, 7) is 0.352. The molecule has 0 spiro atoms. The fourth-order valence-corrected chi connectivity index (χ4v) is 5.15. The van der Waals surface area contributed by atoms with Crippen LogP contribution >= 0.6 is 11.6 Å². The summed E-state index contributed by atoms with van der Waals surface area (Å²) in [7, 11) is 0. The Hall–Kier alpha value is -2.37. The molecule has 2 aliphatic carbocycles. The van der Waals surface area contributed by atoms with Crippen molar-refractivity contribution in [3.63, 3.8) is 0 Å². The van der Waals surface area contributed by atoms with Crippen LogP contribution < -0.4 is 10.1 Å². The fourth-order valence-electron chi connectivity index (χ4n) is 4.97. The highest BCUT2D eigenvalue weighted by Gasteiger charge is 2.46. The molecule has 1 amide bonds. The molecule has 190 valence electrons. The van der Waals surface area contributed by atoms with Crippen LogP contribution in [0.15, 0.2) is 22.7 Å². The second-order valence-electron chi connectivity index (χ2n) is 9.53. The van der Waals surface area contributed by atoms with Gasteiger partial charge in [0, 0.05) is 29.5 Å². The Bertz CT molecular complexity index is 1080. The van der Waals surface area contributed by atoms with Gasteiger partial charge in [0.15, 0.2) is 11.9 Å². The molecule has 0 unspecified atom stereocenters. The topological polar surface area (TPSA) is 107 Å². The number of carbonyl (C=O) groups is 1. The van der Waals surface area contributed by atoms with Crippen LogP contribution in [0, 0.1) is 0 Å². The number of ether oxygens (including phenoxy) is 2. The van der Waals surface area contributed by atoms with Crippen molar-refractivity contribution in [3.8, 4) is 5.75 Å². The quantitative estimate of drug-likeness (QED) is 0.565. The van der Waals surface area contributed by atoms with E-state index in [1.165, 1.54) is 0 Å². The summed E-state index contributed by atoms with van der Waals surface area (Å²) >= 11 is 5.97. The molecule has 2 heterocycles. The first kappa shape index (κ1) is 24.3. The monoisotopic (exact) mass is 515 g/mol. The maximum absolute atomic E-state index is 12.7. The van der Waals surface area contributed by atoms with Crippen molar-refractivity contribution in [2.24, 2.45) is 0 Å². The van der Waals surface area contributed by atoms with Crippen molar-refractivity contribution in [3.05, 3.63) is 40.5 Å². The zero-order valence-electron chi connectivity index (χ0n) is 18.7. The van der Waals surface area contributed by atoms with Gasteiger partial charge < -0.3 is 19.7 Å². The van der Waals surface area contributed by atoms with Crippen LogP contribution in [0.3, 0.4) is 0 Å². The van der Waals surface area contributed by atoms with Crippen LogP contribution in [-0.4, -0.2) is 46.3 Å². The van der Waals surface area contributed by atoms with Crippen LogP contribution in [-0.2, 0) is 14.9 Å². The first-order valence-electron chi connectivity index (χ1n) is 11.6. The van der Waals surface area contributed by atoms with Crippen LogP contribution in [0.2, 0.25) is 5.02 Å². The molecule has 1 aliphatic heterocycles. The minimum atomic E-state index is -4.64. The molecule has 0 saturated heterocycles. The van der Waals surface area contributed by atoms with E-state index < -0.39 is 24.7 Å². The zero-order chi connectivity index (χ0) is 24.8. The second kappa shape index (κ2) is 9.25. The molecular weight excluding hydrogens is 491 g/mol. The number of halogens is 4. The molecule has 5 rings (SSSR count). The number of aromatic nitrogens is 2.